The Morgan fingerprint density at radius 1 is 1.16 bits per heavy atom. The number of halogens is 1. The molecule has 0 fully saturated rings. The van der Waals surface area contributed by atoms with Crippen molar-refractivity contribution in [2.75, 3.05) is 0 Å². The molecule has 1 aromatic heterocycles. The Labute approximate surface area is 124 Å². The fourth-order valence-corrected chi connectivity index (χ4v) is 2.89. The quantitative estimate of drug-likeness (QED) is 0.774. The van der Waals surface area contributed by atoms with Crippen LogP contribution in [0.4, 0.5) is 0 Å². The molecule has 0 saturated heterocycles. The summed E-state index contributed by atoms with van der Waals surface area (Å²) in [4.78, 5) is 20.8. The lowest BCUT2D eigenvalue weighted by molar-refractivity contribution is 0.0655. The second-order valence-electron chi connectivity index (χ2n) is 4.37. The Kier molecular flexibility index (Phi) is 7.89. The number of thiophene rings is 1. The molecule has 0 unspecified atom stereocenters. The highest BCUT2D eigenvalue weighted by molar-refractivity contribution is 9.10. The summed E-state index contributed by atoms with van der Waals surface area (Å²) in [6, 6.07) is 1.25. The van der Waals surface area contributed by atoms with Gasteiger partial charge in [0.15, 0.2) is 0 Å². The lowest BCUT2D eigenvalue weighted by atomic mass is 10.2. The first kappa shape index (κ1) is 18.1. The first-order valence-electron chi connectivity index (χ1n) is 5.66. The molecule has 0 aliphatic rings. The summed E-state index contributed by atoms with van der Waals surface area (Å²) in [5.74, 6) is -2.45. The fraction of sp³-hybridized carbons (Fsp3) is 0.500. The molecular weight excluding hydrogens is 334 g/mol. The van der Waals surface area contributed by atoms with Gasteiger partial charge >= 0.3 is 11.9 Å². The van der Waals surface area contributed by atoms with Crippen molar-refractivity contribution >= 4 is 39.2 Å². The van der Waals surface area contributed by atoms with Crippen molar-refractivity contribution in [3.63, 3.8) is 0 Å². The average molecular weight is 352 g/mol. The summed E-state index contributed by atoms with van der Waals surface area (Å²) in [5.41, 5.74) is -0.187. The number of hydrogen-bond donors (Lipinski definition) is 3. The van der Waals surface area contributed by atoms with Gasteiger partial charge in [-0.1, -0.05) is 27.7 Å². The maximum atomic E-state index is 10.5. The molecule has 1 rings (SSSR count). The summed E-state index contributed by atoms with van der Waals surface area (Å²) in [7, 11) is 0. The molecule has 0 radical (unpaired) electrons. The largest absolute Gasteiger partial charge is 0.478 e. The molecule has 19 heavy (non-hydrogen) atoms. The van der Waals surface area contributed by atoms with Crippen LogP contribution in [0.5, 0.6) is 0 Å². The maximum absolute atomic E-state index is 10.5. The van der Waals surface area contributed by atoms with Crippen molar-refractivity contribution in [1.82, 2.24) is 5.32 Å². The molecule has 0 saturated carbocycles. The molecule has 0 aliphatic carbocycles. The van der Waals surface area contributed by atoms with Gasteiger partial charge < -0.3 is 15.5 Å². The lowest BCUT2D eigenvalue weighted by Crippen LogP contribution is -2.29. The van der Waals surface area contributed by atoms with Gasteiger partial charge in [0.1, 0.15) is 4.88 Å². The Morgan fingerprint density at radius 3 is 1.84 bits per heavy atom. The van der Waals surface area contributed by atoms with Crippen molar-refractivity contribution in [2.24, 2.45) is 0 Å². The van der Waals surface area contributed by atoms with E-state index in [1.54, 1.807) is 0 Å². The van der Waals surface area contributed by atoms with Crippen LogP contribution in [0.2, 0.25) is 0 Å². The van der Waals surface area contributed by atoms with Crippen LogP contribution in [0.3, 0.4) is 0 Å². The van der Waals surface area contributed by atoms with Crippen molar-refractivity contribution in [3.8, 4) is 0 Å². The summed E-state index contributed by atoms with van der Waals surface area (Å²) in [6.07, 6.45) is 0. The minimum atomic E-state index is -1.24. The van der Waals surface area contributed by atoms with E-state index in [-0.39, 0.29) is 10.4 Å². The molecule has 5 nitrogen and oxygen atoms in total. The van der Waals surface area contributed by atoms with Gasteiger partial charge in [-0.25, -0.2) is 9.59 Å². The Balaban J connectivity index is 0.000000399. The molecule has 108 valence electrons. The highest BCUT2D eigenvalue weighted by Gasteiger charge is 2.21. The third kappa shape index (κ3) is 6.70. The van der Waals surface area contributed by atoms with Crippen LogP contribution < -0.4 is 5.32 Å². The highest BCUT2D eigenvalue weighted by atomic mass is 79.9. The normalized spacial score (nSPS) is 10.3. The van der Waals surface area contributed by atoms with Gasteiger partial charge in [-0.2, -0.15) is 0 Å². The Bertz CT molecular complexity index is 437. The summed E-state index contributed by atoms with van der Waals surface area (Å²) >= 11 is 3.84. The van der Waals surface area contributed by atoms with E-state index in [4.69, 9.17) is 10.2 Å². The SMILES string of the molecule is CC(C)NC(C)C.O=C(O)c1scc(Br)c1C(=O)O. The third-order valence-electron chi connectivity index (χ3n) is 1.82. The second-order valence-corrected chi connectivity index (χ2v) is 6.11. The molecule has 0 atom stereocenters. The van der Waals surface area contributed by atoms with Crippen LogP contribution in [0.15, 0.2) is 9.85 Å². The fourth-order valence-electron chi connectivity index (χ4n) is 1.36. The third-order valence-corrected chi connectivity index (χ3v) is 3.72. The van der Waals surface area contributed by atoms with Gasteiger partial charge in [-0.3, -0.25) is 0 Å². The first-order chi connectivity index (χ1) is 8.66. The van der Waals surface area contributed by atoms with Crippen LogP contribution in [-0.2, 0) is 0 Å². The van der Waals surface area contributed by atoms with Crippen molar-refractivity contribution < 1.29 is 19.8 Å². The Hall–Kier alpha value is -0.920. The van der Waals surface area contributed by atoms with E-state index >= 15 is 0 Å². The number of aromatic carboxylic acids is 2. The van der Waals surface area contributed by atoms with E-state index in [0.29, 0.717) is 16.6 Å². The Morgan fingerprint density at radius 2 is 1.63 bits per heavy atom. The molecule has 0 aliphatic heterocycles. The molecule has 1 heterocycles. The van der Waals surface area contributed by atoms with E-state index < -0.39 is 11.9 Å². The smallest absolute Gasteiger partial charge is 0.346 e. The standard InChI is InChI=1S/C6H3BrO4S.C6H15N/c7-2-1-12-4(6(10)11)3(2)5(8)9;1-5(2)7-6(3)4/h1H,(H,8,9)(H,10,11);5-7H,1-4H3. The highest BCUT2D eigenvalue weighted by Crippen LogP contribution is 2.27. The summed E-state index contributed by atoms with van der Waals surface area (Å²) < 4.78 is 0.303. The van der Waals surface area contributed by atoms with Gasteiger partial charge in [-0.05, 0) is 15.9 Å². The van der Waals surface area contributed by atoms with Gasteiger partial charge in [-0.15, -0.1) is 11.3 Å². The number of carboxylic acids is 2. The van der Waals surface area contributed by atoms with Crippen LogP contribution in [0.1, 0.15) is 47.7 Å². The summed E-state index contributed by atoms with van der Waals surface area (Å²) in [6.45, 7) is 8.61. The number of carboxylic acid groups (broad SMARTS) is 2. The maximum Gasteiger partial charge on any atom is 0.346 e. The number of rotatable bonds is 4. The van der Waals surface area contributed by atoms with Gasteiger partial charge in [0.2, 0.25) is 0 Å². The van der Waals surface area contributed by atoms with Crippen LogP contribution in [0, 0.1) is 0 Å². The van der Waals surface area contributed by atoms with E-state index in [9.17, 15) is 9.59 Å². The number of hydrogen-bond acceptors (Lipinski definition) is 4. The molecule has 1 aromatic rings. The second kappa shape index (κ2) is 8.29. The monoisotopic (exact) mass is 351 g/mol. The van der Waals surface area contributed by atoms with Crippen LogP contribution in [0.25, 0.3) is 0 Å². The predicted octanol–water partition coefficient (Wildman–Crippen LogP) is 3.30. The number of carbonyl (C=O) groups is 2. The molecular formula is C12H18BrNO4S. The zero-order chi connectivity index (χ0) is 15.2. The molecule has 0 bridgehead atoms. The van der Waals surface area contributed by atoms with Crippen molar-refractivity contribution in [1.29, 1.82) is 0 Å². The average Bonchev–Trinajstić information content (AvgIpc) is 2.58. The molecule has 0 spiro atoms. The zero-order valence-electron chi connectivity index (χ0n) is 11.2. The van der Waals surface area contributed by atoms with E-state index in [1.807, 2.05) is 0 Å². The molecule has 3 N–H and O–H groups in total. The topological polar surface area (TPSA) is 86.6 Å². The lowest BCUT2D eigenvalue weighted by Gasteiger charge is -2.10. The van der Waals surface area contributed by atoms with Gasteiger partial charge in [0.05, 0.1) is 5.56 Å². The minimum absolute atomic E-state index is 0.158. The first-order valence-corrected chi connectivity index (χ1v) is 7.33. The van der Waals surface area contributed by atoms with Crippen LogP contribution in [-0.4, -0.2) is 34.2 Å². The molecule has 0 aromatic carbocycles. The van der Waals surface area contributed by atoms with Crippen molar-refractivity contribution in [2.45, 2.75) is 39.8 Å². The van der Waals surface area contributed by atoms with Gasteiger partial charge in [0.25, 0.3) is 0 Å². The molecule has 7 heteroatoms. The van der Waals surface area contributed by atoms with E-state index in [0.717, 1.165) is 11.3 Å². The van der Waals surface area contributed by atoms with E-state index in [2.05, 4.69) is 48.9 Å². The minimum Gasteiger partial charge on any atom is -0.478 e. The van der Waals surface area contributed by atoms with Crippen LogP contribution >= 0.6 is 27.3 Å². The summed E-state index contributed by atoms with van der Waals surface area (Å²) in [5, 5.41) is 21.9. The van der Waals surface area contributed by atoms with Gasteiger partial charge in [0, 0.05) is 21.9 Å². The number of nitrogens with one attached hydrogen (secondary N) is 1. The van der Waals surface area contributed by atoms with Crippen molar-refractivity contribution in [3.05, 3.63) is 20.3 Å². The van der Waals surface area contributed by atoms with E-state index in [1.165, 1.54) is 5.38 Å². The zero-order valence-corrected chi connectivity index (χ0v) is 13.6. The molecule has 0 amide bonds. The predicted molar refractivity (Wildman–Crippen MR) is 79.3 cm³/mol.